The molecule has 1 aromatic heterocycles. The average Bonchev–Trinajstić information content (AvgIpc) is 2.47. The number of rotatable bonds is 6. The zero-order chi connectivity index (χ0) is 14.4. The standard InChI is InChI=1S/C15H20N4O/c1-12-10-14(18-15(16-2)17-12)19(8-9-20)11-13-6-4-3-5-7-13/h3-7,10,20H,8-9,11H2,1-2H3,(H,16,17,18). The van der Waals surface area contributed by atoms with Gasteiger partial charge in [0.05, 0.1) is 6.61 Å². The summed E-state index contributed by atoms with van der Waals surface area (Å²) in [5.41, 5.74) is 2.08. The molecule has 106 valence electrons. The van der Waals surface area contributed by atoms with Crippen molar-refractivity contribution in [3.63, 3.8) is 0 Å². The number of benzene rings is 1. The van der Waals surface area contributed by atoms with Gasteiger partial charge in [-0.25, -0.2) is 4.98 Å². The molecule has 1 aromatic carbocycles. The third-order valence-corrected chi connectivity index (χ3v) is 2.97. The van der Waals surface area contributed by atoms with Crippen LogP contribution in [0.25, 0.3) is 0 Å². The van der Waals surface area contributed by atoms with Crippen molar-refractivity contribution >= 4 is 11.8 Å². The highest BCUT2D eigenvalue weighted by atomic mass is 16.3. The molecule has 2 N–H and O–H groups in total. The number of aliphatic hydroxyl groups excluding tert-OH is 1. The van der Waals surface area contributed by atoms with Gasteiger partial charge in [0.1, 0.15) is 5.82 Å². The van der Waals surface area contributed by atoms with Crippen molar-refractivity contribution in [2.75, 3.05) is 30.4 Å². The molecule has 0 aliphatic carbocycles. The van der Waals surface area contributed by atoms with Crippen molar-refractivity contribution < 1.29 is 5.11 Å². The lowest BCUT2D eigenvalue weighted by Gasteiger charge is -2.23. The van der Waals surface area contributed by atoms with E-state index in [9.17, 15) is 5.11 Å². The number of nitrogens with one attached hydrogen (secondary N) is 1. The van der Waals surface area contributed by atoms with Crippen LogP contribution in [0.15, 0.2) is 36.4 Å². The predicted octanol–water partition coefficient (Wildman–Crippen LogP) is 1.83. The van der Waals surface area contributed by atoms with E-state index < -0.39 is 0 Å². The zero-order valence-electron chi connectivity index (χ0n) is 11.9. The Morgan fingerprint density at radius 1 is 1.20 bits per heavy atom. The van der Waals surface area contributed by atoms with E-state index in [2.05, 4.69) is 27.4 Å². The Balaban J connectivity index is 2.26. The monoisotopic (exact) mass is 272 g/mol. The fourth-order valence-electron chi connectivity index (χ4n) is 2.02. The molecule has 1 heterocycles. The first-order valence-corrected chi connectivity index (χ1v) is 6.66. The summed E-state index contributed by atoms with van der Waals surface area (Å²) in [5.74, 6) is 1.41. The molecule has 0 fully saturated rings. The molecule has 20 heavy (non-hydrogen) atoms. The van der Waals surface area contributed by atoms with Crippen LogP contribution in [0.2, 0.25) is 0 Å². The summed E-state index contributed by atoms with van der Waals surface area (Å²) < 4.78 is 0. The summed E-state index contributed by atoms with van der Waals surface area (Å²) in [4.78, 5) is 10.8. The lowest BCUT2D eigenvalue weighted by atomic mass is 10.2. The van der Waals surface area contributed by atoms with Gasteiger partial charge in [0.25, 0.3) is 0 Å². The summed E-state index contributed by atoms with van der Waals surface area (Å²) >= 11 is 0. The van der Waals surface area contributed by atoms with Crippen LogP contribution in [0.5, 0.6) is 0 Å². The Morgan fingerprint density at radius 2 is 1.95 bits per heavy atom. The molecule has 0 unspecified atom stereocenters. The van der Waals surface area contributed by atoms with Gasteiger partial charge in [-0.05, 0) is 12.5 Å². The molecule has 0 spiro atoms. The van der Waals surface area contributed by atoms with Crippen LogP contribution in [0.4, 0.5) is 11.8 Å². The Morgan fingerprint density at radius 3 is 2.60 bits per heavy atom. The highest BCUT2D eigenvalue weighted by molar-refractivity contribution is 5.45. The number of anilines is 2. The van der Waals surface area contributed by atoms with Gasteiger partial charge in [-0.15, -0.1) is 0 Å². The van der Waals surface area contributed by atoms with Crippen molar-refractivity contribution in [1.82, 2.24) is 9.97 Å². The first-order valence-electron chi connectivity index (χ1n) is 6.66. The maximum atomic E-state index is 9.27. The van der Waals surface area contributed by atoms with Crippen molar-refractivity contribution in [3.8, 4) is 0 Å². The Hall–Kier alpha value is -2.14. The second-order valence-corrected chi connectivity index (χ2v) is 4.57. The quantitative estimate of drug-likeness (QED) is 0.840. The molecule has 0 radical (unpaired) electrons. The van der Waals surface area contributed by atoms with Gasteiger partial charge < -0.3 is 15.3 Å². The van der Waals surface area contributed by atoms with Crippen LogP contribution >= 0.6 is 0 Å². The van der Waals surface area contributed by atoms with Crippen LogP contribution in [0.3, 0.4) is 0 Å². The normalized spacial score (nSPS) is 10.3. The smallest absolute Gasteiger partial charge is 0.224 e. The van der Waals surface area contributed by atoms with Gasteiger partial charge in [-0.3, -0.25) is 0 Å². The molecule has 0 aliphatic heterocycles. The highest BCUT2D eigenvalue weighted by Crippen LogP contribution is 2.17. The molecule has 5 heteroatoms. The van der Waals surface area contributed by atoms with Gasteiger partial charge in [0, 0.05) is 31.9 Å². The first-order chi connectivity index (χ1) is 9.72. The molecule has 0 saturated heterocycles. The number of hydrogen-bond donors (Lipinski definition) is 2. The van der Waals surface area contributed by atoms with E-state index in [1.54, 1.807) is 7.05 Å². The minimum Gasteiger partial charge on any atom is -0.395 e. The fraction of sp³-hybridized carbons (Fsp3) is 0.333. The molecule has 0 aliphatic rings. The summed E-state index contributed by atoms with van der Waals surface area (Å²) in [7, 11) is 1.80. The van der Waals surface area contributed by atoms with Crippen LogP contribution in [-0.2, 0) is 6.54 Å². The minimum absolute atomic E-state index is 0.0881. The minimum atomic E-state index is 0.0881. The van der Waals surface area contributed by atoms with Crippen molar-refractivity contribution in [2.45, 2.75) is 13.5 Å². The highest BCUT2D eigenvalue weighted by Gasteiger charge is 2.10. The Bertz CT molecular complexity index is 545. The third-order valence-electron chi connectivity index (χ3n) is 2.97. The van der Waals surface area contributed by atoms with Gasteiger partial charge in [-0.1, -0.05) is 30.3 Å². The maximum absolute atomic E-state index is 9.27. The van der Waals surface area contributed by atoms with E-state index in [0.717, 1.165) is 11.5 Å². The first kappa shape index (κ1) is 14.3. The number of hydrogen-bond acceptors (Lipinski definition) is 5. The second-order valence-electron chi connectivity index (χ2n) is 4.57. The van der Waals surface area contributed by atoms with Gasteiger partial charge in [0.2, 0.25) is 5.95 Å². The fourth-order valence-corrected chi connectivity index (χ4v) is 2.02. The SMILES string of the molecule is CNc1nc(C)cc(N(CCO)Cc2ccccc2)n1. The molecule has 2 aromatic rings. The van der Waals surface area contributed by atoms with E-state index in [-0.39, 0.29) is 6.61 Å². The van der Waals surface area contributed by atoms with Crippen molar-refractivity contribution in [3.05, 3.63) is 47.7 Å². The summed E-state index contributed by atoms with van der Waals surface area (Å²) in [6.45, 7) is 3.27. The third kappa shape index (κ3) is 3.68. The van der Waals surface area contributed by atoms with E-state index in [1.165, 1.54) is 5.56 Å². The second kappa shape index (κ2) is 6.86. The van der Waals surface area contributed by atoms with Gasteiger partial charge >= 0.3 is 0 Å². The Labute approximate surface area is 119 Å². The van der Waals surface area contributed by atoms with E-state index in [4.69, 9.17) is 0 Å². The van der Waals surface area contributed by atoms with Crippen LogP contribution < -0.4 is 10.2 Å². The lowest BCUT2D eigenvalue weighted by Crippen LogP contribution is -2.27. The molecule has 0 saturated carbocycles. The van der Waals surface area contributed by atoms with Gasteiger partial charge in [-0.2, -0.15) is 4.98 Å². The predicted molar refractivity (Wildman–Crippen MR) is 80.9 cm³/mol. The van der Waals surface area contributed by atoms with E-state index in [0.29, 0.717) is 19.0 Å². The molecule has 2 rings (SSSR count). The van der Waals surface area contributed by atoms with Crippen molar-refractivity contribution in [2.24, 2.45) is 0 Å². The van der Waals surface area contributed by atoms with E-state index in [1.807, 2.05) is 36.1 Å². The summed E-state index contributed by atoms with van der Waals surface area (Å²) in [6.07, 6.45) is 0. The topological polar surface area (TPSA) is 61.3 Å². The number of aryl methyl sites for hydroxylation is 1. The summed E-state index contributed by atoms with van der Waals surface area (Å²) in [5, 5.41) is 12.2. The average molecular weight is 272 g/mol. The zero-order valence-corrected chi connectivity index (χ0v) is 11.9. The molecule has 0 atom stereocenters. The Kier molecular flexibility index (Phi) is 4.90. The maximum Gasteiger partial charge on any atom is 0.224 e. The molecular weight excluding hydrogens is 252 g/mol. The van der Waals surface area contributed by atoms with Crippen molar-refractivity contribution in [1.29, 1.82) is 0 Å². The molecule has 0 bridgehead atoms. The van der Waals surface area contributed by atoms with Crippen LogP contribution in [-0.4, -0.2) is 35.3 Å². The summed E-state index contributed by atoms with van der Waals surface area (Å²) in [6, 6.07) is 12.1. The number of aliphatic hydroxyl groups is 1. The van der Waals surface area contributed by atoms with Crippen LogP contribution in [0.1, 0.15) is 11.3 Å². The van der Waals surface area contributed by atoms with Gasteiger partial charge in [0.15, 0.2) is 0 Å². The lowest BCUT2D eigenvalue weighted by molar-refractivity contribution is 0.301. The number of aromatic nitrogens is 2. The molecular formula is C15H20N4O. The van der Waals surface area contributed by atoms with E-state index >= 15 is 0 Å². The number of nitrogens with zero attached hydrogens (tertiary/aromatic N) is 3. The van der Waals surface area contributed by atoms with Crippen LogP contribution in [0, 0.1) is 6.92 Å². The molecule has 0 amide bonds. The largest absolute Gasteiger partial charge is 0.395 e. The molecule has 5 nitrogen and oxygen atoms in total.